The Bertz CT molecular complexity index is 637. The molecule has 0 radical (unpaired) electrons. The van der Waals surface area contributed by atoms with E-state index in [1.54, 1.807) is 0 Å². The van der Waals surface area contributed by atoms with E-state index < -0.39 is 0 Å². The Balaban J connectivity index is 1.70. The Labute approximate surface area is 122 Å². The summed E-state index contributed by atoms with van der Waals surface area (Å²) < 4.78 is 5.74. The number of carbonyl (C=O) groups is 1. The van der Waals surface area contributed by atoms with Gasteiger partial charge < -0.3 is 10.1 Å². The van der Waals surface area contributed by atoms with Crippen LogP contribution in [0.1, 0.15) is 17.5 Å². The molecule has 1 amide bonds. The first-order valence-electron chi connectivity index (χ1n) is 6.51. The van der Waals surface area contributed by atoms with E-state index in [0.29, 0.717) is 18.1 Å². The fraction of sp³-hybridized carbons (Fsp3) is 0.188. The highest BCUT2D eigenvalue weighted by Crippen LogP contribution is 2.27. The van der Waals surface area contributed by atoms with Crippen molar-refractivity contribution < 1.29 is 9.53 Å². The number of fused-ring (bicyclic) bond motifs is 1. The van der Waals surface area contributed by atoms with Gasteiger partial charge in [-0.15, -0.1) is 0 Å². The number of anilines is 1. The fourth-order valence-corrected chi connectivity index (χ4v) is 2.31. The van der Waals surface area contributed by atoms with Crippen molar-refractivity contribution in [2.24, 2.45) is 0 Å². The molecule has 0 fully saturated rings. The molecule has 3 nitrogen and oxygen atoms in total. The number of ether oxygens (including phenoxy) is 1. The maximum atomic E-state index is 11.4. The molecule has 3 rings (SSSR count). The lowest BCUT2D eigenvalue weighted by atomic mass is 10.0. The summed E-state index contributed by atoms with van der Waals surface area (Å²) in [4.78, 5) is 11.4. The summed E-state index contributed by atoms with van der Waals surface area (Å²) in [6, 6.07) is 13.4. The van der Waals surface area contributed by atoms with Gasteiger partial charge in [-0.1, -0.05) is 29.8 Å². The molecule has 4 heteroatoms. The summed E-state index contributed by atoms with van der Waals surface area (Å²) in [6.45, 7) is 0.476. The van der Waals surface area contributed by atoms with Crippen molar-refractivity contribution in [1.82, 2.24) is 0 Å². The third kappa shape index (κ3) is 2.94. The van der Waals surface area contributed by atoms with Crippen LogP contribution in [-0.4, -0.2) is 5.91 Å². The summed E-state index contributed by atoms with van der Waals surface area (Å²) in [5, 5.41) is 3.58. The van der Waals surface area contributed by atoms with E-state index in [2.05, 4.69) is 5.32 Å². The van der Waals surface area contributed by atoms with Crippen LogP contribution in [0.2, 0.25) is 5.02 Å². The lowest BCUT2D eigenvalue weighted by Crippen LogP contribution is -2.18. The SMILES string of the molecule is O=C1CCc2ccc(OCc3ccc(Cl)cc3)cc2N1. The first-order valence-corrected chi connectivity index (χ1v) is 6.88. The lowest BCUT2D eigenvalue weighted by molar-refractivity contribution is -0.116. The molecule has 0 bridgehead atoms. The molecule has 0 aliphatic carbocycles. The first kappa shape index (κ1) is 13.0. The van der Waals surface area contributed by atoms with Crippen molar-refractivity contribution in [1.29, 1.82) is 0 Å². The Morgan fingerprint density at radius 1 is 1.10 bits per heavy atom. The largest absolute Gasteiger partial charge is 0.489 e. The summed E-state index contributed by atoms with van der Waals surface area (Å²) in [5.41, 5.74) is 3.06. The van der Waals surface area contributed by atoms with E-state index in [1.807, 2.05) is 42.5 Å². The smallest absolute Gasteiger partial charge is 0.224 e. The molecule has 2 aromatic rings. The summed E-state index contributed by atoms with van der Waals surface area (Å²) in [6.07, 6.45) is 1.34. The minimum absolute atomic E-state index is 0.0624. The minimum Gasteiger partial charge on any atom is -0.489 e. The standard InChI is InChI=1S/C16H14ClNO2/c17-13-5-1-11(2-6-13)10-20-14-7-3-12-4-8-16(19)18-15(12)9-14/h1-3,5-7,9H,4,8,10H2,(H,18,19). The van der Waals surface area contributed by atoms with Gasteiger partial charge in [0.15, 0.2) is 0 Å². The van der Waals surface area contributed by atoms with Gasteiger partial charge in [0.1, 0.15) is 12.4 Å². The van der Waals surface area contributed by atoms with Crippen molar-refractivity contribution in [3.63, 3.8) is 0 Å². The number of halogens is 1. The number of nitrogens with one attached hydrogen (secondary N) is 1. The van der Waals surface area contributed by atoms with Crippen molar-refractivity contribution in [2.75, 3.05) is 5.32 Å². The van der Waals surface area contributed by atoms with E-state index in [0.717, 1.165) is 29.0 Å². The van der Waals surface area contributed by atoms with Crippen LogP contribution in [0.4, 0.5) is 5.69 Å². The van der Waals surface area contributed by atoms with Gasteiger partial charge >= 0.3 is 0 Å². The van der Waals surface area contributed by atoms with Crippen molar-refractivity contribution >= 4 is 23.2 Å². The number of aryl methyl sites for hydroxylation is 1. The normalized spacial score (nSPS) is 13.6. The molecule has 0 aromatic heterocycles. The monoisotopic (exact) mass is 287 g/mol. The average molecular weight is 288 g/mol. The Morgan fingerprint density at radius 2 is 1.90 bits per heavy atom. The van der Waals surface area contributed by atoms with Crippen LogP contribution >= 0.6 is 11.6 Å². The zero-order valence-corrected chi connectivity index (χ0v) is 11.6. The quantitative estimate of drug-likeness (QED) is 0.932. The second-order valence-electron chi connectivity index (χ2n) is 4.78. The molecule has 1 heterocycles. The lowest BCUT2D eigenvalue weighted by Gasteiger charge is -2.17. The highest BCUT2D eigenvalue weighted by molar-refractivity contribution is 6.30. The molecule has 0 saturated heterocycles. The molecular formula is C16H14ClNO2. The van der Waals surface area contributed by atoms with E-state index in [1.165, 1.54) is 0 Å². The second kappa shape index (κ2) is 5.55. The number of rotatable bonds is 3. The predicted octanol–water partition coefficient (Wildman–Crippen LogP) is 3.80. The Morgan fingerprint density at radius 3 is 2.70 bits per heavy atom. The van der Waals surface area contributed by atoms with Gasteiger partial charge in [0.25, 0.3) is 0 Å². The number of hydrogen-bond acceptors (Lipinski definition) is 2. The molecule has 0 atom stereocenters. The van der Waals surface area contributed by atoms with Crippen molar-refractivity contribution in [3.8, 4) is 5.75 Å². The summed E-state index contributed by atoms with van der Waals surface area (Å²) in [7, 11) is 0. The zero-order chi connectivity index (χ0) is 13.9. The van der Waals surface area contributed by atoms with Gasteiger partial charge in [0.05, 0.1) is 0 Å². The van der Waals surface area contributed by atoms with Gasteiger partial charge in [-0.05, 0) is 35.7 Å². The van der Waals surface area contributed by atoms with E-state index >= 15 is 0 Å². The number of benzene rings is 2. The highest BCUT2D eigenvalue weighted by Gasteiger charge is 2.14. The van der Waals surface area contributed by atoms with Gasteiger partial charge in [0.2, 0.25) is 5.91 Å². The van der Waals surface area contributed by atoms with Gasteiger partial charge in [-0.3, -0.25) is 4.79 Å². The molecular weight excluding hydrogens is 274 g/mol. The topological polar surface area (TPSA) is 38.3 Å². The van der Waals surface area contributed by atoms with Gasteiger partial charge in [0, 0.05) is 23.2 Å². The van der Waals surface area contributed by atoms with E-state index in [-0.39, 0.29) is 5.91 Å². The van der Waals surface area contributed by atoms with Crippen LogP contribution < -0.4 is 10.1 Å². The van der Waals surface area contributed by atoms with Crippen LogP contribution in [0.25, 0.3) is 0 Å². The summed E-state index contributed by atoms with van der Waals surface area (Å²) in [5.74, 6) is 0.813. The van der Waals surface area contributed by atoms with Gasteiger partial charge in [-0.2, -0.15) is 0 Å². The molecule has 0 spiro atoms. The number of amides is 1. The van der Waals surface area contributed by atoms with Crippen molar-refractivity contribution in [2.45, 2.75) is 19.4 Å². The molecule has 102 valence electrons. The second-order valence-corrected chi connectivity index (χ2v) is 5.22. The third-order valence-electron chi connectivity index (χ3n) is 3.30. The van der Waals surface area contributed by atoms with Crippen LogP contribution in [0.15, 0.2) is 42.5 Å². The molecule has 20 heavy (non-hydrogen) atoms. The van der Waals surface area contributed by atoms with E-state index in [4.69, 9.17) is 16.3 Å². The van der Waals surface area contributed by atoms with Crippen molar-refractivity contribution in [3.05, 3.63) is 58.6 Å². The maximum absolute atomic E-state index is 11.4. The maximum Gasteiger partial charge on any atom is 0.224 e. The molecule has 0 saturated carbocycles. The van der Waals surface area contributed by atoms with E-state index in [9.17, 15) is 4.79 Å². The number of hydrogen-bond donors (Lipinski definition) is 1. The van der Waals surface area contributed by atoms with Crippen LogP contribution in [-0.2, 0) is 17.8 Å². The first-order chi connectivity index (χ1) is 9.70. The third-order valence-corrected chi connectivity index (χ3v) is 3.55. The molecule has 2 aromatic carbocycles. The molecule has 0 unspecified atom stereocenters. The zero-order valence-electron chi connectivity index (χ0n) is 10.9. The van der Waals surface area contributed by atoms with Crippen LogP contribution in [0.5, 0.6) is 5.75 Å². The average Bonchev–Trinajstić information content (AvgIpc) is 2.46. The Hall–Kier alpha value is -2.00. The van der Waals surface area contributed by atoms with Gasteiger partial charge in [-0.25, -0.2) is 0 Å². The minimum atomic E-state index is 0.0624. The molecule has 1 N–H and O–H groups in total. The van der Waals surface area contributed by atoms with Crippen LogP contribution in [0.3, 0.4) is 0 Å². The predicted molar refractivity (Wildman–Crippen MR) is 79.2 cm³/mol. The van der Waals surface area contributed by atoms with Crippen LogP contribution in [0, 0.1) is 0 Å². The fourth-order valence-electron chi connectivity index (χ4n) is 2.19. The number of carbonyl (C=O) groups excluding carboxylic acids is 1. The Kier molecular flexibility index (Phi) is 3.61. The highest BCUT2D eigenvalue weighted by atomic mass is 35.5. The molecule has 1 aliphatic rings. The molecule has 1 aliphatic heterocycles. The summed E-state index contributed by atoms with van der Waals surface area (Å²) >= 11 is 5.84.